The molecule has 0 aliphatic carbocycles. The van der Waals surface area contributed by atoms with Gasteiger partial charge < -0.3 is 10.0 Å². The third-order valence-electron chi connectivity index (χ3n) is 3.79. The SMILES string of the molecule is C[C@@H](O)CN1CCN(C(=O)c2cc(C(C)(C)C)[nH]n2)CC1. The lowest BCUT2D eigenvalue weighted by Crippen LogP contribution is -2.50. The zero-order valence-corrected chi connectivity index (χ0v) is 13.4. The summed E-state index contributed by atoms with van der Waals surface area (Å²) in [5, 5.41) is 16.5. The quantitative estimate of drug-likeness (QED) is 0.867. The second kappa shape index (κ2) is 6.15. The van der Waals surface area contributed by atoms with E-state index in [2.05, 4.69) is 35.9 Å². The number of H-pyrrole nitrogens is 1. The Morgan fingerprint density at radius 2 is 2.00 bits per heavy atom. The van der Waals surface area contributed by atoms with Crippen molar-refractivity contribution in [2.24, 2.45) is 0 Å². The van der Waals surface area contributed by atoms with Crippen LogP contribution in [0.15, 0.2) is 6.07 Å². The Balaban J connectivity index is 1.94. The number of carbonyl (C=O) groups is 1. The van der Waals surface area contributed by atoms with Crippen molar-refractivity contribution < 1.29 is 9.90 Å². The fraction of sp³-hybridized carbons (Fsp3) is 0.733. The molecule has 0 bridgehead atoms. The molecule has 1 aromatic rings. The summed E-state index contributed by atoms with van der Waals surface area (Å²) in [5.41, 5.74) is 1.42. The number of aromatic nitrogens is 2. The highest BCUT2D eigenvalue weighted by Crippen LogP contribution is 2.21. The number of aliphatic hydroxyl groups is 1. The molecule has 0 radical (unpaired) electrons. The van der Waals surface area contributed by atoms with E-state index in [4.69, 9.17) is 0 Å². The first kappa shape index (κ1) is 16.0. The molecule has 0 aromatic carbocycles. The van der Waals surface area contributed by atoms with Crippen molar-refractivity contribution >= 4 is 5.91 Å². The lowest BCUT2D eigenvalue weighted by Gasteiger charge is -2.34. The fourth-order valence-corrected chi connectivity index (χ4v) is 2.48. The van der Waals surface area contributed by atoms with Gasteiger partial charge in [0.05, 0.1) is 6.10 Å². The molecule has 1 atom stereocenters. The van der Waals surface area contributed by atoms with Gasteiger partial charge in [-0.2, -0.15) is 5.10 Å². The molecule has 2 heterocycles. The van der Waals surface area contributed by atoms with Gasteiger partial charge in [-0.05, 0) is 13.0 Å². The molecule has 0 spiro atoms. The molecule has 6 heteroatoms. The molecule has 1 aromatic heterocycles. The lowest BCUT2D eigenvalue weighted by molar-refractivity contribution is 0.0549. The number of rotatable bonds is 3. The number of aromatic amines is 1. The molecular weight excluding hydrogens is 268 g/mol. The standard InChI is InChI=1S/C15H26N4O2/c1-11(20)10-18-5-7-19(8-6-18)14(21)12-9-13(17-16-12)15(2,3)4/h9,11,20H,5-8,10H2,1-4H3,(H,16,17)/t11-/m1/s1. The molecule has 21 heavy (non-hydrogen) atoms. The molecule has 1 amide bonds. The van der Waals surface area contributed by atoms with E-state index in [1.54, 1.807) is 6.92 Å². The van der Waals surface area contributed by atoms with Gasteiger partial charge in [0.25, 0.3) is 5.91 Å². The first-order chi connectivity index (χ1) is 9.77. The van der Waals surface area contributed by atoms with Gasteiger partial charge in [-0.3, -0.25) is 14.8 Å². The van der Waals surface area contributed by atoms with Gasteiger partial charge in [0.1, 0.15) is 5.69 Å². The molecule has 1 fully saturated rings. The zero-order chi connectivity index (χ0) is 15.6. The van der Waals surface area contributed by atoms with Crippen molar-refractivity contribution in [1.82, 2.24) is 20.0 Å². The summed E-state index contributed by atoms with van der Waals surface area (Å²) < 4.78 is 0. The second-order valence-electron chi connectivity index (χ2n) is 6.86. The fourth-order valence-electron chi connectivity index (χ4n) is 2.48. The van der Waals surface area contributed by atoms with Gasteiger partial charge in [0.15, 0.2) is 0 Å². The molecule has 118 valence electrons. The van der Waals surface area contributed by atoms with E-state index < -0.39 is 0 Å². The molecule has 2 N–H and O–H groups in total. The van der Waals surface area contributed by atoms with E-state index in [1.807, 2.05) is 11.0 Å². The molecule has 1 saturated heterocycles. The van der Waals surface area contributed by atoms with Crippen LogP contribution < -0.4 is 0 Å². The van der Waals surface area contributed by atoms with Crippen LogP contribution in [-0.4, -0.2) is 69.8 Å². The summed E-state index contributed by atoms with van der Waals surface area (Å²) in [7, 11) is 0. The van der Waals surface area contributed by atoms with Crippen LogP contribution in [0.5, 0.6) is 0 Å². The van der Waals surface area contributed by atoms with Crippen LogP contribution in [0.4, 0.5) is 0 Å². The average molecular weight is 294 g/mol. The number of hydrogen-bond donors (Lipinski definition) is 2. The summed E-state index contributed by atoms with van der Waals surface area (Å²) in [6.07, 6.45) is -0.326. The Kier molecular flexibility index (Phi) is 4.68. The lowest BCUT2D eigenvalue weighted by atomic mass is 9.92. The maximum absolute atomic E-state index is 12.4. The second-order valence-corrected chi connectivity index (χ2v) is 6.86. The normalized spacial score (nSPS) is 18.8. The van der Waals surface area contributed by atoms with Gasteiger partial charge in [-0.25, -0.2) is 0 Å². The highest BCUT2D eigenvalue weighted by molar-refractivity contribution is 5.92. The number of amides is 1. The summed E-state index contributed by atoms with van der Waals surface area (Å²) in [6, 6.07) is 1.85. The van der Waals surface area contributed by atoms with E-state index in [0.29, 0.717) is 25.3 Å². The highest BCUT2D eigenvalue weighted by Gasteiger charge is 2.25. The van der Waals surface area contributed by atoms with Gasteiger partial charge >= 0.3 is 0 Å². The molecule has 1 aliphatic heterocycles. The van der Waals surface area contributed by atoms with E-state index >= 15 is 0 Å². The monoisotopic (exact) mass is 294 g/mol. The van der Waals surface area contributed by atoms with Crippen LogP contribution in [0.25, 0.3) is 0 Å². The Morgan fingerprint density at radius 1 is 1.38 bits per heavy atom. The molecule has 1 aliphatic rings. The maximum Gasteiger partial charge on any atom is 0.274 e. The smallest absolute Gasteiger partial charge is 0.274 e. The number of nitrogens with one attached hydrogen (secondary N) is 1. The summed E-state index contributed by atoms with van der Waals surface area (Å²) in [4.78, 5) is 16.5. The number of piperazine rings is 1. The summed E-state index contributed by atoms with van der Waals surface area (Å²) >= 11 is 0. The van der Waals surface area contributed by atoms with Crippen LogP contribution >= 0.6 is 0 Å². The van der Waals surface area contributed by atoms with Crippen molar-refractivity contribution in [3.8, 4) is 0 Å². The van der Waals surface area contributed by atoms with Crippen LogP contribution in [0, 0.1) is 0 Å². The van der Waals surface area contributed by atoms with E-state index in [-0.39, 0.29) is 17.4 Å². The number of β-amino-alcohol motifs (C(OH)–C–C–N with tert-alkyl or cyclic N) is 1. The Labute approximate surface area is 126 Å². The van der Waals surface area contributed by atoms with Crippen LogP contribution in [-0.2, 0) is 5.41 Å². The summed E-state index contributed by atoms with van der Waals surface area (Å²) in [6.45, 7) is 11.7. The molecule has 0 saturated carbocycles. The molecule has 0 unspecified atom stereocenters. The van der Waals surface area contributed by atoms with Gasteiger partial charge in [-0.1, -0.05) is 20.8 Å². The maximum atomic E-state index is 12.4. The van der Waals surface area contributed by atoms with Crippen LogP contribution in [0.2, 0.25) is 0 Å². The molecule has 6 nitrogen and oxygen atoms in total. The van der Waals surface area contributed by atoms with Gasteiger partial charge in [-0.15, -0.1) is 0 Å². The van der Waals surface area contributed by atoms with E-state index in [1.165, 1.54) is 0 Å². The first-order valence-electron chi connectivity index (χ1n) is 7.53. The number of nitrogens with zero attached hydrogens (tertiary/aromatic N) is 3. The third kappa shape index (κ3) is 4.04. The topological polar surface area (TPSA) is 72.5 Å². The van der Waals surface area contributed by atoms with Crippen molar-refractivity contribution in [3.05, 3.63) is 17.5 Å². The molecule has 2 rings (SSSR count). The Hall–Kier alpha value is -1.40. The van der Waals surface area contributed by atoms with Gasteiger partial charge in [0.2, 0.25) is 0 Å². The molecular formula is C15H26N4O2. The predicted octanol–water partition coefficient (Wildman–Crippen LogP) is 0.846. The van der Waals surface area contributed by atoms with Crippen molar-refractivity contribution in [1.29, 1.82) is 0 Å². The van der Waals surface area contributed by atoms with Crippen molar-refractivity contribution in [2.45, 2.75) is 39.2 Å². The summed E-state index contributed by atoms with van der Waals surface area (Å²) in [5.74, 6) is -0.0153. The van der Waals surface area contributed by atoms with E-state index in [9.17, 15) is 9.90 Å². The van der Waals surface area contributed by atoms with Crippen LogP contribution in [0.1, 0.15) is 43.9 Å². The number of carbonyl (C=O) groups excluding carboxylic acids is 1. The predicted molar refractivity (Wildman–Crippen MR) is 81.3 cm³/mol. The van der Waals surface area contributed by atoms with Crippen LogP contribution in [0.3, 0.4) is 0 Å². The average Bonchev–Trinajstić information content (AvgIpc) is 2.87. The minimum atomic E-state index is -0.326. The minimum absolute atomic E-state index is 0.0153. The van der Waals surface area contributed by atoms with Crippen molar-refractivity contribution in [2.75, 3.05) is 32.7 Å². The first-order valence-corrected chi connectivity index (χ1v) is 7.53. The Bertz CT molecular complexity index is 482. The number of hydrogen-bond acceptors (Lipinski definition) is 4. The Morgan fingerprint density at radius 3 is 2.48 bits per heavy atom. The highest BCUT2D eigenvalue weighted by atomic mass is 16.3. The minimum Gasteiger partial charge on any atom is -0.392 e. The largest absolute Gasteiger partial charge is 0.392 e. The van der Waals surface area contributed by atoms with Gasteiger partial charge in [0, 0.05) is 43.8 Å². The van der Waals surface area contributed by atoms with Crippen molar-refractivity contribution in [3.63, 3.8) is 0 Å². The zero-order valence-electron chi connectivity index (χ0n) is 13.4. The van der Waals surface area contributed by atoms with E-state index in [0.717, 1.165) is 18.8 Å². The third-order valence-corrected chi connectivity index (χ3v) is 3.79. The number of aliphatic hydroxyl groups excluding tert-OH is 1.